The first-order valence-corrected chi connectivity index (χ1v) is 4.26. The van der Waals surface area contributed by atoms with Gasteiger partial charge in [0.1, 0.15) is 4.93 Å². The minimum atomic E-state index is -0.0851. The minimum absolute atomic E-state index is 0.0851. The van der Waals surface area contributed by atoms with Gasteiger partial charge in [0.15, 0.2) is 0 Å². The predicted molar refractivity (Wildman–Crippen MR) is 38.7 cm³/mol. The third-order valence-electron chi connectivity index (χ3n) is 1.43. The lowest BCUT2D eigenvalue weighted by Gasteiger charge is -2.31. The van der Waals surface area contributed by atoms with Crippen molar-refractivity contribution in [2.75, 3.05) is 26.1 Å². The van der Waals surface area contributed by atoms with E-state index < -0.39 is 0 Å². The van der Waals surface area contributed by atoms with Crippen LogP contribution in [0.2, 0.25) is 0 Å². The maximum absolute atomic E-state index is 5.45. The fourth-order valence-corrected chi connectivity index (χ4v) is 1.14. The van der Waals surface area contributed by atoms with Crippen molar-refractivity contribution >= 4 is 11.8 Å². The summed E-state index contributed by atoms with van der Waals surface area (Å²) in [6.45, 7) is 4.25. The van der Waals surface area contributed by atoms with Crippen molar-refractivity contribution in [3.63, 3.8) is 0 Å². The van der Waals surface area contributed by atoms with Crippen LogP contribution in [0.4, 0.5) is 0 Å². The fourth-order valence-electron chi connectivity index (χ4n) is 0.734. The van der Waals surface area contributed by atoms with Crippen LogP contribution in [0.3, 0.4) is 0 Å². The molecule has 1 saturated heterocycles. The van der Waals surface area contributed by atoms with E-state index in [9.17, 15) is 0 Å². The van der Waals surface area contributed by atoms with Crippen LogP contribution in [0, 0.1) is 0 Å². The van der Waals surface area contributed by atoms with E-state index in [0.29, 0.717) is 6.61 Å². The van der Waals surface area contributed by atoms with Gasteiger partial charge in [0.25, 0.3) is 0 Å². The fraction of sp³-hybridized carbons (Fsp3) is 1.00. The highest BCUT2D eigenvalue weighted by molar-refractivity contribution is 7.99. The molecule has 1 heterocycles. The Morgan fingerprint density at radius 1 is 1.44 bits per heavy atom. The third-order valence-corrected chi connectivity index (χ3v) is 2.53. The van der Waals surface area contributed by atoms with Gasteiger partial charge in [-0.3, -0.25) is 0 Å². The van der Waals surface area contributed by atoms with E-state index in [-0.39, 0.29) is 4.93 Å². The molecule has 0 saturated carbocycles. The van der Waals surface area contributed by atoms with Gasteiger partial charge in [-0.1, -0.05) is 0 Å². The van der Waals surface area contributed by atoms with Crippen LogP contribution in [-0.2, 0) is 9.47 Å². The maximum Gasteiger partial charge on any atom is 0.134 e. The van der Waals surface area contributed by atoms with E-state index in [1.54, 1.807) is 11.8 Å². The summed E-state index contributed by atoms with van der Waals surface area (Å²) in [4.78, 5) is -0.0851. The predicted octanol–water partition coefficient (Wildman–Crippen LogP) is 1.11. The molecule has 0 aliphatic carbocycles. The maximum atomic E-state index is 5.45. The standard InChI is InChI=1S/C6H12O2S/c1-6(9-2)5-7-3-4-8-6/h3-5H2,1-2H3. The Labute approximate surface area is 59.9 Å². The molecule has 0 spiro atoms. The van der Waals surface area contributed by atoms with Crippen molar-refractivity contribution in [2.24, 2.45) is 0 Å². The molecule has 1 aliphatic heterocycles. The lowest BCUT2D eigenvalue weighted by atomic mass is 10.4. The number of thioether (sulfide) groups is 1. The quantitative estimate of drug-likeness (QED) is 0.555. The molecule has 1 rings (SSSR count). The first-order chi connectivity index (χ1) is 4.27. The molecule has 3 heteroatoms. The zero-order valence-corrected chi connectivity index (χ0v) is 6.66. The number of ether oxygens (including phenoxy) is 2. The molecule has 0 aromatic carbocycles. The van der Waals surface area contributed by atoms with Gasteiger partial charge in [-0.25, -0.2) is 0 Å². The van der Waals surface area contributed by atoms with Crippen LogP contribution in [-0.4, -0.2) is 31.0 Å². The number of rotatable bonds is 1. The average Bonchev–Trinajstić information content (AvgIpc) is 1.90. The average molecular weight is 148 g/mol. The van der Waals surface area contributed by atoms with Crippen LogP contribution in [0.5, 0.6) is 0 Å². The molecule has 54 valence electrons. The molecule has 0 bridgehead atoms. The third kappa shape index (κ3) is 1.85. The molecular weight excluding hydrogens is 136 g/mol. The molecule has 0 radical (unpaired) electrons. The summed E-state index contributed by atoms with van der Waals surface area (Å²) in [5.41, 5.74) is 0. The molecule has 0 aromatic heterocycles. The molecule has 1 atom stereocenters. The second-order valence-corrected chi connectivity index (χ2v) is 3.51. The van der Waals surface area contributed by atoms with Crippen molar-refractivity contribution in [3.8, 4) is 0 Å². The van der Waals surface area contributed by atoms with Crippen LogP contribution in [0.15, 0.2) is 0 Å². The first-order valence-electron chi connectivity index (χ1n) is 3.04. The summed E-state index contributed by atoms with van der Waals surface area (Å²) in [7, 11) is 0. The van der Waals surface area contributed by atoms with Gasteiger partial charge in [0, 0.05) is 0 Å². The van der Waals surface area contributed by atoms with Crippen LogP contribution < -0.4 is 0 Å². The highest BCUT2D eigenvalue weighted by Crippen LogP contribution is 2.25. The van der Waals surface area contributed by atoms with Crippen LogP contribution in [0.1, 0.15) is 6.92 Å². The van der Waals surface area contributed by atoms with Crippen LogP contribution in [0.25, 0.3) is 0 Å². The summed E-state index contributed by atoms with van der Waals surface area (Å²) >= 11 is 1.70. The van der Waals surface area contributed by atoms with Gasteiger partial charge in [-0.05, 0) is 13.2 Å². The summed E-state index contributed by atoms with van der Waals surface area (Å²) < 4.78 is 10.7. The molecule has 1 unspecified atom stereocenters. The SMILES string of the molecule is CSC1(C)COCCO1. The van der Waals surface area contributed by atoms with Gasteiger partial charge in [0.05, 0.1) is 19.8 Å². The van der Waals surface area contributed by atoms with E-state index in [1.807, 2.05) is 6.26 Å². The Bertz CT molecular complexity index is 89.1. The van der Waals surface area contributed by atoms with Gasteiger partial charge in [-0.15, -0.1) is 11.8 Å². The molecular formula is C6H12O2S. The lowest BCUT2D eigenvalue weighted by Crippen LogP contribution is -2.36. The van der Waals surface area contributed by atoms with E-state index in [0.717, 1.165) is 13.2 Å². The number of hydrogen-bond acceptors (Lipinski definition) is 3. The number of hydrogen-bond donors (Lipinski definition) is 0. The van der Waals surface area contributed by atoms with E-state index in [2.05, 4.69) is 6.92 Å². The molecule has 2 nitrogen and oxygen atoms in total. The van der Waals surface area contributed by atoms with E-state index >= 15 is 0 Å². The molecule has 1 aliphatic rings. The summed E-state index contributed by atoms with van der Waals surface area (Å²) in [5, 5.41) is 0. The zero-order chi connectivity index (χ0) is 6.74. The highest BCUT2D eigenvalue weighted by atomic mass is 32.2. The Hall–Kier alpha value is 0.270. The monoisotopic (exact) mass is 148 g/mol. The summed E-state index contributed by atoms with van der Waals surface area (Å²) in [5.74, 6) is 0. The molecule has 1 fully saturated rings. The summed E-state index contributed by atoms with van der Waals surface area (Å²) in [6, 6.07) is 0. The van der Waals surface area contributed by atoms with Crippen molar-refractivity contribution in [2.45, 2.75) is 11.9 Å². The Morgan fingerprint density at radius 3 is 2.56 bits per heavy atom. The largest absolute Gasteiger partial charge is 0.375 e. The van der Waals surface area contributed by atoms with Gasteiger partial charge in [0.2, 0.25) is 0 Å². The normalized spacial score (nSPS) is 36.7. The minimum Gasteiger partial charge on any atom is -0.375 e. The lowest BCUT2D eigenvalue weighted by molar-refractivity contribution is -0.0984. The Balaban J connectivity index is 2.37. The topological polar surface area (TPSA) is 18.5 Å². The van der Waals surface area contributed by atoms with Crippen molar-refractivity contribution in [1.82, 2.24) is 0 Å². The Morgan fingerprint density at radius 2 is 2.22 bits per heavy atom. The zero-order valence-electron chi connectivity index (χ0n) is 5.85. The van der Waals surface area contributed by atoms with E-state index in [4.69, 9.17) is 9.47 Å². The highest BCUT2D eigenvalue weighted by Gasteiger charge is 2.26. The molecule has 0 N–H and O–H groups in total. The first kappa shape index (κ1) is 7.38. The van der Waals surface area contributed by atoms with Gasteiger partial charge in [-0.2, -0.15) is 0 Å². The van der Waals surface area contributed by atoms with Crippen molar-refractivity contribution in [3.05, 3.63) is 0 Å². The van der Waals surface area contributed by atoms with E-state index in [1.165, 1.54) is 0 Å². The smallest absolute Gasteiger partial charge is 0.134 e. The van der Waals surface area contributed by atoms with Crippen LogP contribution >= 0.6 is 11.8 Å². The second kappa shape index (κ2) is 2.90. The van der Waals surface area contributed by atoms with Crippen molar-refractivity contribution in [1.29, 1.82) is 0 Å². The Kier molecular flexibility index (Phi) is 2.38. The second-order valence-electron chi connectivity index (χ2n) is 2.24. The molecule has 0 amide bonds. The van der Waals surface area contributed by atoms with Crippen molar-refractivity contribution < 1.29 is 9.47 Å². The molecule has 9 heavy (non-hydrogen) atoms. The summed E-state index contributed by atoms with van der Waals surface area (Å²) in [6.07, 6.45) is 2.04. The van der Waals surface area contributed by atoms with Gasteiger partial charge >= 0.3 is 0 Å². The molecule has 0 aromatic rings. The van der Waals surface area contributed by atoms with Gasteiger partial charge < -0.3 is 9.47 Å².